The van der Waals surface area contributed by atoms with Crippen LogP contribution in [0.25, 0.3) is 0 Å². The van der Waals surface area contributed by atoms with Crippen LogP contribution in [0.5, 0.6) is 0 Å². The lowest BCUT2D eigenvalue weighted by molar-refractivity contribution is 0.0160. The lowest BCUT2D eigenvalue weighted by Gasteiger charge is -2.20. The number of nitrogens with two attached hydrogens (primary N) is 1. The molecular formula is C25H30N4O2. The number of nitrogens with zero attached hydrogens (tertiary/aromatic N) is 1. The van der Waals surface area contributed by atoms with Crippen LogP contribution >= 0.6 is 0 Å². The quantitative estimate of drug-likeness (QED) is 0.304. The summed E-state index contributed by atoms with van der Waals surface area (Å²) in [5.41, 5.74) is 8.95. The van der Waals surface area contributed by atoms with E-state index in [9.17, 15) is 4.79 Å². The molecule has 0 radical (unpaired) electrons. The Labute approximate surface area is 183 Å². The molecule has 0 saturated heterocycles. The third-order valence-corrected chi connectivity index (χ3v) is 4.88. The van der Waals surface area contributed by atoms with Crippen molar-refractivity contribution in [1.29, 1.82) is 0 Å². The summed E-state index contributed by atoms with van der Waals surface area (Å²) in [5, 5.41) is 6.33. The number of amides is 1. The lowest BCUT2D eigenvalue weighted by Crippen LogP contribution is -2.25. The molecule has 1 amide bonds. The molecular weight excluding hydrogens is 388 g/mol. The SMILES string of the molecule is CCCCCNC(OCc1ccccc1)c1ccc(C(=O)Nc2ccnc(N)c2)cc1. The molecule has 6 heteroatoms. The van der Waals surface area contributed by atoms with Crippen LogP contribution in [0.2, 0.25) is 0 Å². The minimum atomic E-state index is -0.242. The Bertz CT molecular complexity index is 945. The number of rotatable bonds is 11. The van der Waals surface area contributed by atoms with Crippen LogP contribution in [0.4, 0.5) is 11.5 Å². The number of pyridine rings is 1. The second-order valence-electron chi connectivity index (χ2n) is 7.38. The summed E-state index contributed by atoms with van der Waals surface area (Å²) in [6.07, 6.45) is 4.76. The lowest BCUT2D eigenvalue weighted by atomic mass is 10.1. The predicted octanol–water partition coefficient (Wildman–Crippen LogP) is 4.91. The predicted molar refractivity (Wildman–Crippen MR) is 125 cm³/mol. The number of ether oxygens (including phenoxy) is 1. The second-order valence-corrected chi connectivity index (χ2v) is 7.38. The molecule has 2 aromatic carbocycles. The van der Waals surface area contributed by atoms with E-state index in [1.807, 2.05) is 54.6 Å². The Kier molecular flexibility index (Phi) is 8.58. The highest BCUT2D eigenvalue weighted by Crippen LogP contribution is 2.19. The normalized spacial score (nSPS) is 11.8. The van der Waals surface area contributed by atoms with Gasteiger partial charge >= 0.3 is 0 Å². The average Bonchev–Trinajstić information content (AvgIpc) is 2.79. The fourth-order valence-corrected chi connectivity index (χ4v) is 3.17. The van der Waals surface area contributed by atoms with Crippen molar-refractivity contribution in [2.45, 2.75) is 39.0 Å². The Morgan fingerprint density at radius 2 is 1.84 bits per heavy atom. The summed E-state index contributed by atoms with van der Waals surface area (Å²) >= 11 is 0. The summed E-state index contributed by atoms with van der Waals surface area (Å²) < 4.78 is 6.17. The van der Waals surface area contributed by atoms with Crippen molar-refractivity contribution in [3.05, 3.63) is 89.6 Å². The van der Waals surface area contributed by atoms with E-state index in [-0.39, 0.29) is 12.1 Å². The van der Waals surface area contributed by atoms with E-state index in [4.69, 9.17) is 10.5 Å². The molecule has 1 heterocycles. The minimum absolute atomic E-state index is 0.199. The van der Waals surface area contributed by atoms with Crippen LogP contribution < -0.4 is 16.4 Å². The Morgan fingerprint density at radius 3 is 2.55 bits per heavy atom. The Hall–Kier alpha value is -3.22. The maximum absolute atomic E-state index is 12.5. The highest BCUT2D eigenvalue weighted by molar-refractivity contribution is 6.04. The maximum atomic E-state index is 12.5. The molecule has 0 fully saturated rings. The highest BCUT2D eigenvalue weighted by atomic mass is 16.5. The topological polar surface area (TPSA) is 89.3 Å². The van der Waals surface area contributed by atoms with Gasteiger partial charge in [0.15, 0.2) is 0 Å². The van der Waals surface area contributed by atoms with Gasteiger partial charge in [0.1, 0.15) is 12.0 Å². The first-order valence-electron chi connectivity index (χ1n) is 10.7. The molecule has 1 unspecified atom stereocenters. The third-order valence-electron chi connectivity index (χ3n) is 4.88. The number of carbonyl (C=O) groups excluding carboxylic acids is 1. The van der Waals surface area contributed by atoms with Crippen LogP contribution in [0.15, 0.2) is 72.9 Å². The van der Waals surface area contributed by atoms with Gasteiger partial charge in [0, 0.05) is 23.5 Å². The molecule has 1 aromatic heterocycles. The number of nitrogens with one attached hydrogen (secondary N) is 2. The van der Waals surface area contributed by atoms with Gasteiger partial charge < -0.3 is 15.8 Å². The fourth-order valence-electron chi connectivity index (χ4n) is 3.17. The van der Waals surface area contributed by atoms with Crippen LogP contribution in [0.1, 0.15) is 53.9 Å². The van der Waals surface area contributed by atoms with Crippen LogP contribution in [-0.4, -0.2) is 17.4 Å². The van der Waals surface area contributed by atoms with Gasteiger partial charge in [-0.05, 0) is 42.3 Å². The minimum Gasteiger partial charge on any atom is -0.384 e. The van der Waals surface area contributed by atoms with E-state index in [1.165, 1.54) is 12.8 Å². The number of nitrogen functional groups attached to an aromatic ring is 1. The zero-order valence-corrected chi connectivity index (χ0v) is 17.9. The van der Waals surface area contributed by atoms with Crippen molar-refractivity contribution in [3.63, 3.8) is 0 Å². The average molecular weight is 419 g/mol. The zero-order valence-electron chi connectivity index (χ0n) is 17.9. The second kappa shape index (κ2) is 11.8. The molecule has 0 spiro atoms. The van der Waals surface area contributed by atoms with Crippen molar-refractivity contribution in [2.24, 2.45) is 0 Å². The van der Waals surface area contributed by atoms with Gasteiger partial charge in [-0.25, -0.2) is 4.98 Å². The summed E-state index contributed by atoms with van der Waals surface area (Å²) in [6.45, 7) is 3.57. The number of aromatic nitrogens is 1. The molecule has 4 N–H and O–H groups in total. The van der Waals surface area contributed by atoms with Crippen LogP contribution in [0.3, 0.4) is 0 Å². The number of anilines is 2. The van der Waals surface area contributed by atoms with E-state index in [2.05, 4.69) is 22.5 Å². The number of unbranched alkanes of at least 4 members (excludes halogenated alkanes) is 2. The molecule has 3 rings (SSSR count). The van der Waals surface area contributed by atoms with Gasteiger partial charge in [0.05, 0.1) is 6.61 Å². The Balaban J connectivity index is 1.65. The van der Waals surface area contributed by atoms with Crippen LogP contribution in [0, 0.1) is 0 Å². The molecule has 1 atom stereocenters. The summed E-state index contributed by atoms with van der Waals surface area (Å²) in [5.74, 6) is 0.163. The van der Waals surface area contributed by atoms with E-state index < -0.39 is 0 Å². The Morgan fingerprint density at radius 1 is 1.06 bits per heavy atom. The summed E-state index contributed by atoms with van der Waals surface area (Å²) in [4.78, 5) is 16.5. The van der Waals surface area contributed by atoms with Gasteiger partial charge in [-0.15, -0.1) is 0 Å². The smallest absolute Gasteiger partial charge is 0.255 e. The largest absolute Gasteiger partial charge is 0.384 e. The molecule has 0 aliphatic carbocycles. The zero-order chi connectivity index (χ0) is 21.9. The van der Waals surface area contributed by atoms with E-state index >= 15 is 0 Å². The first-order chi connectivity index (χ1) is 15.2. The molecule has 31 heavy (non-hydrogen) atoms. The third kappa shape index (κ3) is 7.20. The monoisotopic (exact) mass is 418 g/mol. The van der Waals surface area contributed by atoms with E-state index in [0.29, 0.717) is 23.7 Å². The van der Waals surface area contributed by atoms with E-state index in [0.717, 1.165) is 24.1 Å². The molecule has 3 aromatic rings. The summed E-state index contributed by atoms with van der Waals surface area (Å²) in [7, 11) is 0. The first kappa shape index (κ1) is 22.5. The maximum Gasteiger partial charge on any atom is 0.255 e. The van der Waals surface area contributed by atoms with Crippen molar-refractivity contribution in [3.8, 4) is 0 Å². The standard InChI is InChI=1S/C25H30N4O2/c1-2-3-7-15-28-25(31-18-19-8-5-4-6-9-19)21-12-10-20(11-13-21)24(30)29-22-14-16-27-23(26)17-22/h4-6,8-14,16-17,25,28H,2-3,7,15,18H2,1H3,(H3,26,27,29,30). The van der Waals surface area contributed by atoms with Crippen molar-refractivity contribution in [2.75, 3.05) is 17.6 Å². The van der Waals surface area contributed by atoms with Gasteiger partial charge in [0.25, 0.3) is 5.91 Å². The summed E-state index contributed by atoms with van der Waals surface area (Å²) in [6, 6.07) is 20.9. The molecule has 0 aliphatic heterocycles. The number of benzene rings is 2. The number of hydrogen-bond acceptors (Lipinski definition) is 5. The van der Waals surface area contributed by atoms with Crippen molar-refractivity contribution < 1.29 is 9.53 Å². The van der Waals surface area contributed by atoms with Gasteiger partial charge in [-0.2, -0.15) is 0 Å². The fraction of sp³-hybridized carbons (Fsp3) is 0.280. The highest BCUT2D eigenvalue weighted by Gasteiger charge is 2.13. The molecule has 0 bridgehead atoms. The molecule has 162 valence electrons. The first-order valence-corrected chi connectivity index (χ1v) is 10.7. The van der Waals surface area contributed by atoms with Crippen LogP contribution in [-0.2, 0) is 11.3 Å². The van der Waals surface area contributed by atoms with Crippen molar-refractivity contribution >= 4 is 17.4 Å². The molecule has 6 nitrogen and oxygen atoms in total. The molecule has 0 saturated carbocycles. The van der Waals surface area contributed by atoms with Gasteiger partial charge in [-0.3, -0.25) is 10.1 Å². The molecule has 0 aliphatic rings. The van der Waals surface area contributed by atoms with E-state index in [1.54, 1.807) is 18.3 Å². The number of carbonyl (C=O) groups is 1. The van der Waals surface area contributed by atoms with Gasteiger partial charge in [-0.1, -0.05) is 62.2 Å². The van der Waals surface area contributed by atoms with Crippen molar-refractivity contribution in [1.82, 2.24) is 10.3 Å². The van der Waals surface area contributed by atoms with Gasteiger partial charge in [0.2, 0.25) is 0 Å². The number of hydrogen-bond donors (Lipinski definition) is 3.